The number of aromatic amines is 1. The lowest BCUT2D eigenvalue weighted by Crippen LogP contribution is -2.15. The summed E-state index contributed by atoms with van der Waals surface area (Å²) in [5.41, 5.74) is 4.09. The SMILES string of the molecule is CC#CCc1nc(C(F)(F)CCC)nn1Cc1ccc(Cc2cccc(-c3nn[nH]n3)c2)cc1. The van der Waals surface area contributed by atoms with Crippen LogP contribution in [0.4, 0.5) is 8.78 Å². The van der Waals surface area contributed by atoms with Crippen LogP contribution >= 0.6 is 0 Å². The zero-order valence-corrected chi connectivity index (χ0v) is 19.1. The van der Waals surface area contributed by atoms with Crippen LogP contribution in [0, 0.1) is 11.8 Å². The fourth-order valence-electron chi connectivity index (χ4n) is 3.66. The molecule has 2 heterocycles. The van der Waals surface area contributed by atoms with E-state index in [2.05, 4.69) is 42.5 Å². The average molecular weight is 462 g/mol. The Morgan fingerprint density at radius 2 is 1.85 bits per heavy atom. The standard InChI is InChI=1S/C25H25F2N7/c1-3-5-9-22-28-24(25(26,27)14-4-2)31-34(22)17-19-12-10-18(11-13-19)15-20-7-6-8-21(16-20)23-29-32-33-30-23/h6-8,10-13,16H,4,9,14-15,17H2,1-2H3,(H,29,30,32,33). The van der Waals surface area contributed by atoms with Gasteiger partial charge in [0.1, 0.15) is 5.82 Å². The maximum Gasteiger partial charge on any atom is 0.308 e. The summed E-state index contributed by atoms with van der Waals surface area (Å²) in [6, 6.07) is 16.0. The first-order chi connectivity index (χ1) is 16.5. The number of H-pyrrole nitrogens is 1. The van der Waals surface area contributed by atoms with Crippen molar-refractivity contribution in [3.63, 3.8) is 0 Å². The zero-order valence-electron chi connectivity index (χ0n) is 19.1. The van der Waals surface area contributed by atoms with E-state index in [0.29, 0.717) is 24.6 Å². The number of alkyl halides is 2. The summed E-state index contributed by atoms with van der Waals surface area (Å²) in [6.07, 6.45) is 1.09. The topological polar surface area (TPSA) is 85.2 Å². The molecule has 0 bridgehead atoms. The van der Waals surface area contributed by atoms with E-state index >= 15 is 0 Å². The average Bonchev–Trinajstić information content (AvgIpc) is 3.50. The number of halogens is 2. The molecule has 0 radical (unpaired) electrons. The molecule has 174 valence electrons. The van der Waals surface area contributed by atoms with Crippen LogP contribution in [0.3, 0.4) is 0 Å². The van der Waals surface area contributed by atoms with Gasteiger partial charge in [-0.25, -0.2) is 9.67 Å². The molecule has 0 amide bonds. The number of hydrogen-bond acceptors (Lipinski definition) is 5. The molecular weight excluding hydrogens is 436 g/mol. The third kappa shape index (κ3) is 5.52. The van der Waals surface area contributed by atoms with Gasteiger partial charge >= 0.3 is 5.92 Å². The molecule has 0 saturated carbocycles. The van der Waals surface area contributed by atoms with Crippen molar-refractivity contribution in [3.8, 4) is 23.2 Å². The van der Waals surface area contributed by atoms with Gasteiger partial charge in [-0.05, 0) is 47.7 Å². The molecule has 4 rings (SSSR count). The van der Waals surface area contributed by atoms with Gasteiger partial charge in [-0.1, -0.05) is 55.3 Å². The Morgan fingerprint density at radius 1 is 1.06 bits per heavy atom. The Bertz CT molecular complexity index is 1280. The number of aromatic nitrogens is 7. The van der Waals surface area contributed by atoms with Crippen LogP contribution in [-0.4, -0.2) is 35.4 Å². The number of benzene rings is 2. The van der Waals surface area contributed by atoms with Gasteiger partial charge in [0.15, 0.2) is 0 Å². The van der Waals surface area contributed by atoms with E-state index in [1.165, 1.54) is 4.68 Å². The predicted molar refractivity (Wildman–Crippen MR) is 124 cm³/mol. The lowest BCUT2D eigenvalue weighted by atomic mass is 10.0. The van der Waals surface area contributed by atoms with E-state index in [0.717, 1.165) is 28.7 Å². The van der Waals surface area contributed by atoms with Crippen LogP contribution in [-0.2, 0) is 25.3 Å². The maximum absolute atomic E-state index is 14.4. The molecule has 0 unspecified atom stereocenters. The molecule has 0 spiro atoms. The van der Waals surface area contributed by atoms with Crippen LogP contribution < -0.4 is 0 Å². The van der Waals surface area contributed by atoms with Gasteiger partial charge in [-0.2, -0.15) is 14.0 Å². The van der Waals surface area contributed by atoms with Crippen LogP contribution in [0.15, 0.2) is 48.5 Å². The fraction of sp³-hybridized carbons (Fsp3) is 0.320. The molecule has 1 N–H and O–H groups in total. The Hall–Kier alpha value is -3.93. The molecule has 4 aromatic rings. The molecule has 0 fully saturated rings. The second-order valence-electron chi connectivity index (χ2n) is 8.00. The van der Waals surface area contributed by atoms with Gasteiger partial charge in [0.05, 0.1) is 13.0 Å². The summed E-state index contributed by atoms with van der Waals surface area (Å²) in [4.78, 5) is 4.12. The highest BCUT2D eigenvalue weighted by Crippen LogP contribution is 2.30. The third-order valence-corrected chi connectivity index (χ3v) is 5.36. The molecule has 7 nitrogen and oxygen atoms in total. The first-order valence-corrected chi connectivity index (χ1v) is 11.1. The van der Waals surface area contributed by atoms with Gasteiger partial charge in [-0.15, -0.1) is 21.2 Å². The van der Waals surface area contributed by atoms with Crippen molar-refractivity contribution in [1.82, 2.24) is 35.4 Å². The Balaban J connectivity index is 1.50. The first-order valence-electron chi connectivity index (χ1n) is 11.1. The highest BCUT2D eigenvalue weighted by molar-refractivity contribution is 5.55. The molecule has 0 atom stereocenters. The molecule has 0 aliphatic heterocycles. The maximum atomic E-state index is 14.4. The highest BCUT2D eigenvalue weighted by Gasteiger charge is 2.36. The molecule has 34 heavy (non-hydrogen) atoms. The second kappa shape index (κ2) is 10.3. The summed E-state index contributed by atoms with van der Waals surface area (Å²) in [5.74, 6) is 3.22. The van der Waals surface area contributed by atoms with Crippen molar-refractivity contribution in [2.75, 3.05) is 0 Å². The summed E-state index contributed by atoms with van der Waals surface area (Å²) >= 11 is 0. The number of tetrazole rings is 1. The van der Waals surface area contributed by atoms with Crippen molar-refractivity contribution in [2.24, 2.45) is 0 Å². The molecule has 0 aliphatic carbocycles. The molecule has 0 saturated heterocycles. The van der Waals surface area contributed by atoms with Crippen LogP contribution in [0.25, 0.3) is 11.4 Å². The van der Waals surface area contributed by atoms with Crippen LogP contribution in [0.1, 0.15) is 55.0 Å². The minimum Gasteiger partial charge on any atom is -0.244 e. The lowest BCUT2D eigenvalue weighted by molar-refractivity contribution is -0.0232. The molecule has 2 aromatic carbocycles. The van der Waals surface area contributed by atoms with Crippen molar-refractivity contribution < 1.29 is 8.78 Å². The Labute approximate surface area is 196 Å². The predicted octanol–water partition coefficient (Wildman–Crippen LogP) is 4.56. The minimum atomic E-state index is -3.05. The van der Waals surface area contributed by atoms with Gasteiger partial charge < -0.3 is 0 Å². The van der Waals surface area contributed by atoms with E-state index in [-0.39, 0.29) is 12.8 Å². The molecule has 0 aliphatic rings. The van der Waals surface area contributed by atoms with Crippen LogP contribution in [0.2, 0.25) is 0 Å². The van der Waals surface area contributed by atoms with Crippen molar-refractivity contribution in [3.05, 3.63) is 76.9 Å². The summed E-state index contributed by atoms with van der Waals surface area (Å²) in [5, 5.41) is 18.3. The first kappa shape index (κ1) is 23.2. The second-order valence-corrected chi connectivity index (χ2v) is 8.00. The normalized spacial score (nSPS) is 11.3. The van der Waals surface area contributed by atoms with Crippen molar-refractivity contribution in [2.45, 2.75) is 52.0 Å². The van der Waals surface area contributed by atoms with E-state index < -0.39 is 11.7 Å². The van der Waals surface area contributed by atoms with Gasteiger partial charge in [-0.3, -0.25) is 0 Å². The molecule has 2 aromatic heterocycles. The number of rotatable bonds is 9. The highest BCUT2D eigenvalue weighted by atomic mass is 19.3. The van der Waals surface area contributed by atoms with Crippen LogP contribution in [0.5, 0.6) is 0 Å². The number of nitrogens with one attached hydrogen (secondary N) is 1. The fourth-order valence-corrected chi connectivity index (χ4v) is 3.66. The van der Waals surface area contributed by atoms with Gasteiger partial charge in [0, 0.05) is 12.0 Å². The van der Waals surface area contributed by atoms with Gasteiger partial charge in [0.25, 0.3) is 0 Å². The Morgan fingerprint density at radius 3 is 2.56 bits per heavy atom. The van der Waals surface area contributed by atoms with Crippen molar-refractivity contribution >= 4 is 0 Å². The van der Waals surface area contributed by atoms with E-state index in [4.69, 9.17) is 0 Å². The molecule has 9 heteroatoms. The third-order valence-electron chi connectivity index (χ3n) is 5.36. The van der Waals surface area contributed by atoms with E-state index in [9.17, 15) is 8.78 Å². The number of nitrogens with zero attached hydrogens (tertiary/aromatic N) is 6. The summed E-state index contributed by atoms with van der Waals surface area (Å²) < 4.78 is 30.3. The largest absolute Gasteiger partial charge is 0.308 e. The summed E-state index contributed by atoms with van der Waals surface area (Å²) in [7, 11) is 0. The van der Waals surface area contributed by atoms with Gasteiger partial charge in [0.2, 0.25) is 11.6 Å². The van der Waals surface area contributed by atoms with E-state index in [1.54, 1.807) is 13.8 Å². The Kier molecular flexibility index (Phi) is 7.07. The zero-order chi connectivity index (χ0) is 24.0. The minimum absolute atomic E-state index is 0.278. The monoisotopic (exact) mass is 461 g/mol. The van der Waals surface area contributed by atoms with Crippen molar-refractivity contribution in [1.29, 1.82) is 0 Å². The number of hydrogen-bond donors (Lipinski definition) is 1. The summed E-state index contributed by atoms with van der Waals surface area (Å²) in [6.45, 7) is 3.78. The quantitative estimate of drug-likeness (QED) is 0.370. The lowest BCUT2D eigenvalue weighted by Gasteiger charge is -2.10. The molecular formula is C25H25F2N7. The smallest absolute Gasteiger partial charge is 0.244 e. The van der Waals surface area contributed by atoms with E-state index in [1.807, 2.05) is 48.5 Å².